The van der Waals surface area contributed by atoms with Gasteiger partial charge in [-0.2, -0.15) is 0 Å². The Labute approximate surface area is 108 Å². The molecule has 0 aromatic heterocycles. The van der Waals surface area contributed by atoms with E-state index in [1.807, 2.05) is 6.92 Å². The van der Waals surface area contributed by atoms with Crippen LogP contribution >= 0.6 is 0 Å². The maximum atomic E-state index is 12.3. The van der Waals surface area contributed by atoms with Gasteiger partial charge in [0.15, 0.2) is 0 Å². The molecule has 2 aliphatic rings. The Morgan fingerprint density at radius 1 is 1.22 bits per heavy atom. The van der Waals surface area contributed by atoms with Crippen molar-refractivity contribution in [1.82, 2.24) is 20.0 Å². The molecule has 0 spiro atoms. The van der Waals surface area contributed by atoms with Crippen molar-refractivity contribution in [2.45, 2.75) is 13.0 Å². The van der Waals surface area contributed by atoms with Crippen LogP contribution in [0.4, 0.5) is 0 Å². The van der Waals surface area contributed by atoms with Gasteiger partial charge < -0.3 is 15.1 Å². The SMILES string of the molecule is CC(C(=O)N1CCN(C)C(=O)C1)N1CCNCC1. The van der Waals surface area contributed by atoms with Crippen molar-refractivity contribution < 1.29 is 9.59 Å². The van der Waals surface area contributed by atoms with E-state index < -0.39 is 0 Å². The van der Waals surface area contributed by atoms with E-state index >= 15 is 0 Å². The summed E-state index contributed by atoms with van der Waals surface area (Å²) in [7, 11) is 1.78. The van der Waals surface area contributed by atoms with Gasteiger partial charge in [-0.3, -0.25) is 14.5 Å². The Balaban J connectivity index is 1.91. The molecule has 2 rings (SSSR count). The van der Waals surface area contributed by atoms with Crippen LogP contribution in [0, 0.1) is 0 Å². The van der Waals surface area contributed by atoms with Crippen LogP contribution in [0.15, 0.2) is 0 Å². The first-order valence-corrected chi connectivity index (χ1v) is 6.57. The third-order valence-electron chi connectivity index (χ3n) is 3.83. The summed E-state index contributed by atoms with van der Waals surface area (Å²) in [4.78, 5) is 29.5. The van der Waals surface area contributed by atoms with E-state index in [0.717, 1.165) is 26.2 Å². The smallest absolute Gasteiger partial charge is 0.241 e. The third kappa shape index (κ3) is 2.81. The molecule has 18 heavy (non-hydrogen) atoms. The van der Waals surface area contributed by atoms with Gasteiger partial charge in [0.1, 0.15) is 0 Å². The van der Waals surface area contributed by atoms with Crippen LogP contribution in [-0.4, -0.2) is 85.4 Å². The van der Waals surface area contributed by atoms with E-state index in [0.29, 0.717) is 13.1 Å². The number of rotatable bonds is 2. The van der Waals surface area contributed by atoms with Gasteiger partial charge >= 0.3 is 0 Å². The number of carbonyl (C=O) groups is 2. The van der Waals surface area contributed by atoms with Crippen molar-refractivity contribution in [3.8, 4) is 0 Å². The maximum absolute atomic E-state index is 12.3. The van der Waals surface area contributed by atoms with E-state index in [9.17, 15) is 9.59 Å². The summed E-state index contributed by atoms with van der Waals surface area (Å²) < 4.78 is 0. The number of amides is 2. The lowest BCUT2D eigenvalue weighted by atomic mass is 10.2. The quantitative estimate of drug-likeness (QED) is 0.657. The van der Waals surface area contributed by atoms with Gasteiger partial charge in [0.2, 0.25) is 11.8 Å². The van der Waals surface area contributed by atoms with Crippen molar-refractivity contribution in [2.75, 3.05) is 52.9 Å². The van der Waals surface area contributed by atoms with Gasteiger partial charge in [0.05, 0.1) is 12.6 Å². The number of likely N-dealkylation sites (N-methyl/N-ethyl adjacent to an activating group) is 1. The number of nitrogens with one attached hydrogen (secondary N) is 1. The fourth-order valence-corrected chi connectivity index (χ4v) is 2.44. The van der Waals surface area contributed by atoms with E-state index in [1.165, 1.54) is 0 Å². The van der Waals surface area contributed by atoms with E-state index in [-0.39, 0.29) is 24.4 Å². The predicted octanol–water partition coefficient (Wildman–Crippen LogP) is -1.42. The molecule has 0 aromatic rings. The Hall–Kier alpha value is -1.14. The molecule has 1 N–H and O–H groups in total. The molecule has 6 nitrogen and oxygen atoms in total. The third-order valence-corrected chi connectivity index (χ3v) is 3.83. The Bertz CT molecular complexity index is 328. The number of hydrogen-bond donors (Lipinski definition) is 1. The average Bonchev–Trinajstić information content (AvgIpc) is 2.41. The molecular weight excluding hydrogens is 232 g/mol. The highest BCUT2D eigenvalue weighted by molar-refractivity contribution is 5.88. The van der Waals surface area contributed by atoms with Gasteiger partial charge in [-0.15, -0.1) is 0 Å². The lowest BCUT2D eigenvalue weighted by Crippen LogP contribution is -2.57. The second-order valence-corrected chi connectivity index (χ2v) is 5.04. The minimum absolute atomic E-state index is 0.0297. The largest absolute Gasteiger partial charge is 0.342 e. The number of piperazine rings is 2. The van der Waals surface area contributed by atoms with Crippen LogP contribution < -0.4 is 5.32 Å². The summed E-state index contributed by atoms with van der Waals surface area (Å²) in [5.74, 6) is 0.112. The van der Waals surface area contributed by atoms with Gasteiger partial charge in [0.25, 0.3) is 0 Å². The van der Waals surface area contributed by atoms with Crippen LogP contribution in [0.2, 0.25) is 0 Å². The fourth-order valence-electron chi connectivity index (χ4n) is 2.44. The zero-order valence-electron chi connectivity index (χ0n) is 11.2. The molecule has 2 amide bonds. The molecular formula is C12H22N4O2. The van der Waals surface area contributed by atoms with Crippen molar-refractivity contribution in [1.29, 1.82) is 0 Å². The van der Waals surface area contributed by atoms with Crippen LogP contribution in [-0.2, 0) is 9.59 Å². The topological polar surface area (TPSA) is 55.9 Å². The summed E-state index contributed by atoms with van der Waals surface area (Å²) in [5.41, 5.74) is 0. The monoisotopic (exact) mass is 254 g/mol. The van der Waals surface area contributed by atoms with Crippen LogP contribution in [0.1, 0.15) is 6.92 Å². The zero-order valence-corrected chi connectivity index (χ0v) is 11.2. The number of nitrogens with zero attached hydrogens (tertiary/aromatic N) is 3. The Kier molecular flexibility index (Phi) is 4.19. The van der Waals surface area contributed by atoms with Crippen molar-refractivity contribution in [3.63, 3.8) is 0 Å². The van der Waals surface area contributed by atoms with E-state index in [4.69, 9.17) is 0 Å². The first kappa shape index (κ1) is 13.3. The lowest BCUT2D eigenvalue weighted by molar-refractivity contribution is -0.147. The lowest BCUT2D eigenvalue weighted by Gasteiger charge is -2.37. The number of hydrogen-bond acceptors (Lipinski definition) is 4. The Morgan fingerprint density at radius 3 is 2.50 bits per heavy atom. The van der Waals surface area contributed by atoms with E-state index in [2.05, 4.69) is 10.2 Å². The minimum atomic E-state index is -0.122. The van der Waals surface area contributed by atoms with Gasteiger partial charge in [-0.1, -0.05) is 0 Å². The molecule has 0 radical (unpaired) electrons. The van der Waals surface area contributed by atoms with Crippen LogP contribution in [0.5, 0.6) is 0 Å². The molecule has 2 saturated heterocycles. The minimum Gasteiger partial charge on any atom is -0.342 e. The first-order valence-electron chi connectivity index (χ1n) is 6.57. The summed E-state index contributed by atoms with van der Waals surface area (Å²) in [6.07, 6.45) is 0. The highest BCUT2D eigenvalue weighted by atomic mass is 16.2. The van der Waals surface area contributed by atoms with Crippen molar-refractivity contribution >= 4 is 11.8 Å². The molecule has 2 aliphatic heterocycles. The summed E-state index contributed by atoms with van der Waals surface area (Å²) in [6, 6.07) is -0.122. The average molecular weight is 254 g/mol. The standard InChI is InChI=1S/C12H22N4O2/c1-10(15-5-3-13-4-6-15)12(18)16-8-7-14(2)11(17)9-16/h10,13H,3-9H2,1-2H3. The Morgan fingerprint density at radius 2 is 1.89 bits per heavy atom. The summed E-state index contributed by atoms with van der Waals surface area (Å²) >= 11 is 0. The van der Waals surface area contributed by atoms with Crippen LogP contribution in [0.3, 0.4) is 0 Å². The molecule has 102 valence electrons. The first-order chi connectivity index (χ1) is 8.59. The fraction of sp³-hybridized carbons (Fsp3) is 0.833. The highest BCUT2D eigenvalue weighted by Gasteiger charge is 2.30. The molecule has 1 unspecified atom stereocenters. The van der Waals surface area contributed by atoms with Crippen LogP contribution in [0.25, 0.3) is 0 Å². The molecule has 1 atom stereocenters. The van der Waals surface area contributed by atoms with Gasteiger partial charge in [-0.25, -0.2) is 0 Å². The normalized spacial score (nSPS) is 24.2. The van der Waals surface area contributed by atoms with Crippen molar-refractivity contribution in [3.05, 3.63) is 0 Å². The second-order valence-electron chi connectivity index (χ2n) is 5.04. The highest BCUT2D eigenvalue weighted by Crippen LogP contribution is 2.08. The molecule has 2 fully saturated rings. The molecule has 0 bridgehead atoms. The van der Waals surface area contributed by atoms with Gasteiger partial charge in [0, 0.05) is 46.3 Å². The molecule has 0 aromatic carbocycles. The van der Waals surface area contributed by atoms with Crippen molar-refractivity contribution in [2.24, 2.45) is 0 Å². The summed E-state index contributed by atoms with van der Waals surface area (Å²) in [5, 5.41) is 3.27. The molecule has 6 heteroatoms. The molecule has 0 aliphatic carbocycles. The predicted molar refractivity (Wildman–Crippen MR) is 68.1 cm³/mol. The molecule has 2 heterocycles. The van der Waals surface area contributed by atoms with Gasteiger partial charge in [-0.05, 0) is 6.92 Å². The molecule has 0 saturated carbocycles. The zero-order chi connectivity index (χ0) is 13.1. The maximum Gasteiger partial charge on any atom is 0.241 e. The van der Waals surface area contributed by atoms with E-state index in [1.54, 1.807) is 16.8 Å². The number of carbonyl (C=O) groups excluding carboxylic acids is 2. The second kappa shape index (κ2) is 5.67. The summed E-state index contributed by atoms with van der Waals surface area (Å²) in [6.45, 7) is 7.11.